The lowest BCUT2D eigenvalue weighted by Crippen LogP contribution is -2.14. The van der Waals surface area contributed by atoms with Gasteiger partial charge in [0.2, 0.25) is 5.89 Å². The number of nitrogens with two attached hydrogens (primary N) is 1. The normalized spacial score (nSPS) is 12.5. The van der Waals surface area contributed by atoms with Crippen molar-refractivity contribution in [2.24, 2.45) is 5.73 Å². The van der Waals surface area contributed by atoms with Crippen molar-refractivity contribution >= 4 is 11.6 Å². The first-order valence-corrected chi connectivity index (χ1v) is 6.88. The second kappa shape index (κ2) is 6.07. The van der Waals surface area contributed by atoms with E-state index in [1.54, 1.807) is 12.5 Å². The topological polar surface area (TPSA) is 93.6 Å². The molecule has 2 aromatic heterocycles. The number of nitrogens with one attached hydrogen (secondary N) is 1. The van der Waals surface area contributed by atoms with E-state index in [2.05, 4.69) is 20.1 Å². The van der Waals surface area contributed by atoms with Crippen molar-refractivity contribution in [2.45, 2.75) is 18.9 Å². The van der Waals surface area contributed by atoms with Gasteiger partial charge in [-0.25, -0.2) is 4.98 Å². The van der Waals surface area contributed by atoms with Crippen LogP contribution in [0.3, 0.4) is 0 Å². The number of aromatic nitrogens is 4. The molecule has 3 rings (SSSR count). The van der Waals surface area contributed by atoms with Gasteiger partial charge in [-0.15, -0.1) is 0 Å². The van der Waals surface area contributed by atoms with Gasteiger partial charge in [0.1, 0.15) is 0 Å². The fourth-order valence-corrected chi connectivity index (χ4v) is 2.25. The summed E-state index contributed by atoms with van der Waals surface area (Å²) in [6.45, 7) is 0. The molecule has 6 nitrogen and oxygen atoms in total. The predicted molar refractivity (Wildman–Crippen MR) is 77.8 cm³/mol. The van der Waals surface area contributed by atoms with Gasteiger partial charge in [-0.3, -0.25) is 0 Å². The van der Waals surface area contributed by atoms with Gasteiger partial charge in [-0.2, -0.15) is 4.98 Å². The van der Waals surface area contributed by atoms with Gasteiger partial charge < -0.3 is 15.2 Å². The summed E-state index contributed by atoms with van der Waals surface area (Å²) in [6.07, 6.45) is 4.46. The lowest BCUT2D eigenvalue weighted by Gasteiger charge is -2.03. The molecular weight excluding hydrogens is 290 g/mol. The summed E-state index contributed by atoms with van der Waals surface area (Å²) in [7, 11) is 0. The maximum absolute atomic E-state index is 6.05. The molecule has 0 fully saturated rings. The Hall–Kier alpha value is -2.18. The SMILES string of the molecule is N[C@H](Cc1cnc[nH]1)c1nc(Cc2cccc(Cl)c2)no1. The van der Waals surface area contributed by atoms with Crippen LogP contribution in [0, 0.1) is 0 Å². The molecule has 0 bridgehead atoms. The molecule has 108 valence electrons. The Labute approximate surface area is 126 Å². The number of rotatable bonds is 5. The van der Waals surface area contributed by atoms with Crippen molar-refractivity contribution < 1.29 is 4.52 Å². The van der Waals surface area contributed by atoms with Crippen LogP contribution in [0.2, 0.25) is 5.02 Å². The lowest BCUT2D eigenvalue weighted by atomic mass is 10.1. The molecular formula is C14H14ClN5O. The smallest absolute Gasteiger partial charge is 0.243 e. The van der Waals surface area contributed by atoms with E-state index >= 15 is 0 Å². The number of aromatic amines is 1. The zero-order valence-corrected chi connectivity index (χ0v) is 11.9. The summed E-state index contributed by atoms with van der Waals surface area (Å²) < 4.78 is 5.22. The first kappa shape index (κ1) is 13.8. The number of H-pyrrole nitrogens is 1. The highest BCUT2D eigenvalue weighted by molar-refractivity contribution is 6.30. The highest BCUT2D eigenvalue weighted by atomic mass is 35.5. The maximum atomic E-state index is 6.05. The average Bonchev–Trinajstić information content (AvgIpc) is 3.10. The van der Waals surface area contributed by atoms with E-state index in [1.165, 1.54) is 0 Å². The van der Waals surface area contributed by atoms with Crippen LogP contribution in [0.4, 0.5) is 0 Å². The quantitative estimate of drug-likeness (QED) is 0.754. The molecule has 1 atom stereocenters. The van der Waals surface area contributed by atoms with E-state index in [4.69, 9.17) is 21.9 Å². The number of imidazole rings is 1. The maximum Gasteiger partial charge on any atom is 0.243 e. The molecule has 0 unspecified atom stereocenters. The summed E-state index contributed by atoms with van der Waals surface area (Å²) in [4.78, 5) is 11.3. The summed E-state index contributed by atoms with van der Waals surface area (Å²) in [5.74, 6) is 1.01. The van der Waals surface area contributed by atoms with Gasteiger partial charge in [0.15, 0.2) is 5.82 Å². The molecule has 7 heteroatoms. The van der Waals surface area contributed by atoms with Crippen LogP contribution in [-0.4, -0.2) is 20.1 Å². The standard InChI is InChI=1S/C14H14ClN5O/c15-10-3-1-2-9(4-10)5-13-19-14(21-20-13)12(16)6-11-7-17-8-18-11/h1-4,7-8,12H,5-6,16H2,(H,17,18)/t12-/m1/s1. The van der Waals surface area contributed by atoms with Crippen molar-refractivity contribution in [3.8, 4) is 0 Å². The fraction of sp³-hybridized carbons (Fsp3) is 0.214. The van der Waals surface area contributed by atoms with Crippen LogP contribution in [0.15, 0.2) is 41.3 Å². The largest absolute Gasteiger partial charge is 0.348 e. The van der Waals surface area contributed by atoms with E-state index in [0.29, 0.717) is 29.6 Å². The molecule has 0 aliphatic heterocycles. The molecule has 0 aliphatic carbocycles. The summed E-state index contributed by atoms with van der Waals surface area (Å²) in [5.41, 5.74) is 8.00. The van der Waals surface area contributed by atoms with Gasteiger partial charge in [0.05, 0.1) is 12.4 Å². The van der Waals surface area contributed by atoms with E-state index in [-0.39, 0.29) is 6.04 Å². The Morgan fingerprint density at radius 2 is 2.29 bits per heavy atom. The van der Waals surface area contributed by atoms with Gasteiger partial charge >= 0.3 is 0 Å². The highest BCUT2D eigenvalue weighted by Crippen LogP contribution is 2.16. The van der Waals surface area contributed by atoms with Crippen molar-refractivity contribution in [3.63, 3.8) is 0 Å². The Kier molecular flexibility index (Phi) is 3.98. The molecule has 1 aromatic carbocycles. The van der Waals surface area contributed by atoms with Gasteiger partial charge in [0, 0.05) is 29.8 Å². The van der Waals surface area contributed by atoms with Crippen LogP contribution < -0.4 is 5.73 Å². The molecule has 2 heterocycles. The van der Waals surface area contributed by atoms with E-state index in [1.807, 2.05) is 24.3 Å². The van der Waals surface area contributed by atoms with E-state index in [0.717, 1.165) is 11.3 Å². The minimum Gasteiger partial charge on any atom is -0.348 e. The molecule has 0 amide bonds. The number of hydrogen-bond donors (Lipinski definition) is 2. The number of halogens is 1. The Morgan fingerprint density at radius 3 is 3.05 bits per heavy atom. The summed E-state index contributed by atoms with van der Waals surface area (Å²) in [6, 6.07) is 7.20. The first-order valence-electron chi connectivity index (χ1n) is 6.50. The third kappa shape index (κ3) is 3.48. The molecule has 21 heavy (non-hydrogen) atoms. The third-order valence-electron chi connectivity index (χ3n) is 3.05. The van der Waals surface area contributed by atoms with Gasteiger partial charge in [0.25, 0.3) is 0 Å². The summed E-state index contributed by atoms with van der Waals surface area (Å²) >= 11 is 5.95. The van der Waals surface area contributed by atoms with E-state index < -0.39 is 0 Å². The predicted octanol–water partition coefficient (Wildman–Crippen LogP) is 2.28. The molecule has 0 spiro atoms. The first-order chi connectivity index (χ1) is 10.2. The van der Waals surface area contributed by atoms with Gasteiger partial charge in [-0.1, -0.05) is 28.9 Å². The molecule has 3 N–H and O–H groups in total. The lowest BCUT2D eigenvalue weighted by molar-refractivity contribution is 0.350. The van der Waals surface area contributed by atoms with Crippen LogP contribution >= 0.6 is 11.6 Å². The van der Waals surface area contributed by atoms with Crippen LogP contribution in [0.5, 0.6) is 0 Å². The number of hydrogen-bond acceptors (Lipinski definition) is 5. The number of benzene rings is 1. The van der Waals surface area contributed by atoms with Crippen LogP contribution in [0.1, 0.15) is 29.0 Å². The van der Waals surface area contributed by atoms with Crippen molar-refractivity contribution in [1.29, 1.82) is 0 Å². The molecule has 0 saturated heterocycles. The average molecular weight is 304 g/mol. The van der Waals surface area contributed by atoms with Crippen molar-refractivity contribution in [2.75, 3.05) is 0 Å². The minimum atomic E-state index is -0.355. The zero-order chi connectivity index (χ0) is 14.7. The second-order valence-electron chi connectivity index (χ2n) is 4.74. The molecule has 3 aromatic rings. The van der Waals surface area contributed by atoms with Crippen molar-refractivity contribution in [1.82, 2.24) is 20.1 Å². The summed E-state index contributed by atoms with van der Waals surface area (Å²) in [5, 5.41) is 4.64. The number of nitrogens with zero attached hydrogens (tertiary/aromatic N) is 3. The Balaban J connectivity index is 1.68. The van der Waals surface area contributed by atoms with Crippen LogP contribution in [-0.2, 0) is 12.8 Å². The zero-order valence-electron chi connectivity index (χ0n) is 11.2. The molecule has 0 aliphatic rings. The second-order valence-corrected chi connectivity index (χ2v) is 5.18. The Morgan fingerprint density at radius 1 is 1.38 bits per heavy atom. The van der Waals surface area contributed by atoms with E-state index in [9.17, 15) is 0 Å². The highest BCUT2D eigenvalue weighted by Gasteiger charge is 2.16. The molecule has 0 radical (unpaired) electrons. The van der Waals surface area contributed by atoms with Crippen molar-refractivity contribution in [3.05, 3.63) is 64.8 Å². The minimum absolute atomic E-state index is 0.355. The monoisotopic (exact) mass is 303 g/mol. The van der Waals surface area contributed by atoms with Crippen LogP contribution in [0.25, 0.3) is 0 Å². The van der Waals surface area contributed by atoms with Gasteiger partial charge in [-0.05, 0) is 17.7 Å². The molecule has 0 saturated carbocycles. The third-order valence-corrected chi connectivity index (χ3v) is 3.28. The fourth-order valence-electron chi connectivity index (χ4n) is 2.04. The Bertz CT molecular complexity index is 710.